The molecule has 1 rings (SSSR count). The third kappa shape index (κ3) is 2.43. The highest BCUT2D eigenvalue weighted by molar-refractivity contribution is 5.93. The maximum Gasteiger partial charge on any atom is 0.252 e. The number of hydrogen-bond acceptors (Lipinski definition) is 3. The molecule has 76 valence electrons. The Hall–Kier alpha value is -1.62. The lowest BCUT2D eigenvalue weighted by Gasteiger charge is -2.04. The lowest BCUT2D eigenvalue weighted by Crippen LogP contribution is -2.28. The normalized spacial score (nSPS) is 9.86. The van der Waals surface area contributed by atoms with E-state index >= 15 is 0 Å². The Morgan fingerprint density at radius 1 is 1.57 bits per heavy atom. The Morgan fingerprint density at radius 3 is 2.86 bits per heavy atom. The molecule has 2 N–H and O–H groups in total. The highest BCUT2D eigenvalue weighted by Gasteiger charge is 2.04. The number of pyridine rings is 1. The summed E-state index contributed by atoms with van der Waals surface area (Å²) in [6.45, 7) is 0.110. The van der Waals surface area contributed by atoms with Gasteiger partial charge >= 0.3 is 0 Å². The van der Waals surface area contributed by atoms with Crippen molar-refractivity contribution in [1.82, 2.24) is 9.88 Å². The minimum Gasteiger partial charge on any atom is -0.395 e. The molecule has 0 unspecified atom stereocenters. The fraction of sp³-hybridized carbons (Fsp3) is 0.333. The van der Waals surface area contributed by atoms with E-state index in [0.717, 1.165) is 0 Å². The van der Waals surface area contributed by atoms with Gasteiger partial charge in [0.25, 0.3) is 5.91 Å². The molecule has 0 spiro atoms. The number of carbonyl (C=O) groups excluding carboxylic acids is 1. The number of aliphatic hydroxyl groups is 1. The fourth-order valence-electron chi connectivity index (χ4n) is 1.000. The number of aryl methyl sites for hydroxylation is 1. The number of hydrogen-bond donors (Lipinski definition) is 2. The largest absolute Gasteiger partial charge is 0.395 e. The molecule has 1 heterocycles. The molecule has 1 aromatic heterocycles. The maximum absolute atomic E-state index is 11.3. The predicted molar refractivity (Wildman–Crippen MR) is 51.1 cm³/mol. The van der Waals surface area contributed by atoms with E-state index < -0.39 is 0 Å². The molecule has 0 radical (unpaired) electrons. The molecule has 0 aromatic carbocycles. The standard InChI is InChI=1S/C9H12N2O3/c1-11-6-7(2-3-8(11)13)9(14)10-4-5-12/h2-3,6,12H,4-5H2,1H3,(H,10,14). The van der Waals surface area contributed by atoms with Crippen molar-refractivity contribution < 1.29 is 9.90 Å². The van der Waals surface area contributed by atoms with E-state index in [-0.39, 0.29) is 24.6 Å². The second-order valence-electron chi connectivity index (χ2n) is 2.85. The molecule has 0 saturated carbocycles. The molecular formula is C9H12N2O3. The van der Waals surface area contributed by atoms with Gasteiger partial charge in [-0.05, 0) is 6.07 Å². The van der Waals surface area contributed by atoms with E-state index in [1.54, 1.807) is 7.05 Å². The Labute approximate surface area is 81.0 Å². The van der Waals surface area contributed by atoms with Crippen LogP contribution in [-0.2, 0) is 7.05 Å². The molecule has 0 aliphatic carbocycles. The molecule has 0 saturated heterocycles. The lowest BCUT2D eigenvalue weighted by atomic mass is 10.2. The van der Waals surface area contributed by atoms with Crippen molar-refractivity contribution in [3.63, 3.8) is 0 Å². The van der Waals surface area contributed by atoms with Crippen molar-refractivity contribution in [2.45, 2.75) is 0 Å². The van der Waals surface area contributed by atoms with Crippen molar-refractivity contribution >= 4 is 5.91 Å². The van der Waals surface area contributed by atoms with E-state index in [1.165, 1.54) is 22.9 Å². The van der Waals surface area contributed by atoms with Gasteiger partial charge in [-0.3, -0.25) is 9.59 Å². The van der Waals surface area contributed by atoms with Crippen LogP contribution in [0, 0.1) is 0 Å². The van der Waals surface area contributed by atoms with Gasteiger partial charge in [0.15, 0.2) is 0 Å². The molecule has 0 aliphatic rings. The van der Waals surface area contributed by atoms with Gasteiger partial charge in [-0.1, -0.05) is 0 Å². The minimum absolute atomic E-state index is 0.0997. The van der Waals surface area contributed by atoms with E-state index in [9.17, 15) is 9.59 Å². The number of nitrogens with zero attached hydrogens (tertiary/aromatic N) is 1. The molecular weight excluding hydrogens is 184 g/mol. The van der Waals surface area contributed by atoms with Crippen LogP contribution in [0.3, 0.4) is 0 Å². The van der Waals surface area contributed by atoms with Crippen LogP contribution >= 0.6 is 0 Å². The maximum atomic E-state index is 11.3. The summed E-state index contributed by atoms with van der Waals surface area (Å²) in [5, 5.41) is 11.0. The van der Waals surface area contributed by atoms with E-state index in [4.69, 9.17) is 5.11 Å². The molecule has 0 aliphatic heterocycles. The quantitative estimate of drug-likeness (QED) is 0.658. The number of nitrogens with one attached hydrogen (secondary N) is 1. The van der Waals surface area contributed by atoms with Crippen molar-refractivity contribution in [3.05, 3.63) is 34.2 Å². The molecule has 1 aromatic rings. The average molecular weight is 196 g/mol. The highest BCUT2D eigenvalue weighted by atomic mass is 16.3. The Bertz CT molecular complexity index is 384. The molecule has 5 nitrogen and oxygen atoms in total. The van der Waals surface area contributed by atoms with Crippen molar-refractivity contribution in [2.75, 3.05) is 13.2 Å². The summed E-state index contributed by atoms with van der Waals surface area (Å²) in [5.74, 6) is -0.297. The van der Waals surface area contributed by atoms with Crippen LogP contribution in [0.4, 0.5) is 0 Å². The second-order valence-corrected chi connectivity index (χ2v) is 2.85. The van der Waals surface area contributed by atoms with Gasteiger partial charge in [-0.15, -0.1) is 0 Å². The second kappa shape index (κ2) is 4.57. The highest BCUT2D eigenvalue weighted by Crippen LogP contribution is 1.93. The van der Waals surface area contributed by atoms with E-state index in [1.807, 2.05) is 0 Å². The molecule has 1 amide bonds. The van der Waals surface area contributed by atoms with Gasteiger partial charge in [0.1, 0.15) is 0 Å². The molecule has 0 fully saturated rings. The van der Waals surface area contributed by atoms with Crippen LogP contribution in [0.1, 0.15) is 10.4 Å². The van der Waals surface area contributed by atoms with Crippen LogP contribution < -0.4 is 10.9 Å². The Kier molecular flexibility index (Phi) is 3.41. The fourth-order valence-corrected chi connectivity index (χ4v) is 1.000. The molecule has 0 bridgehead atoms. The zero-order valence-corrected chi connectivity index (χ0v) is 7.86. The van der Waals surface area contributed by atoms with Crippen molar-refractivity contribution in [2.24, 2.45) is 7.05 Å². The summed E-state index contributed by atoms with van der Waals surface area (Å²) in [5.41, 5.74) is 0.240. The van der Waals surface area contributed by atoms with Crippen LogP contribution in [0.25, 0.3) is 0 Å². The SMILES string of the molecule is Cn1cc(C(=O)NCCO)ccc1=O. The van der Waals surface area contributed by atoms with Gasteiger partial charge < -0.3 is 15.0 Å². The zero-order valence-electron chi connectivity index (χ0n) is 7.86. The summed E-state index contributed by atoms with van der Waals surface area (Å²) in [6, 6.07) is 2.78. The van der Waals surface area contributed by atoms with Gasteiger partial charge in [-0.2, -0.15) is 0 Å². The number of aliphatic hydroxyl groups excluding tert-OH is 1. The zero-order chi connectivity index (χ0) is 10.6. The first-order valence-corrected chi connectivity index (χ1v) is 4.21. The topological polar surface area (TPSA) is 71.3 Å². The van der Waals surface area contributed by atoms with Crippen LogP contribution in [0.2, 0.25) is 0 Å². The Balaban J connectivity index is 2.81. The van der Waals surface area contributed by atoms with Crippen LogP contribution in [-0.4, -0.2) is 28.7 Å². The third-order valence-corrected chi connectivity index (χ3v) is 1.75. The van der Waals surface area contributed by atoms with Gasteiger partial charge in [0, 0.05) is 25.9 Å². The summed E-state index contributed by atoms with van der Waals surface area (Å²) in [4.78, 5) is 22.3. The summed E-state index contributed by atoms with van der Waals surface area (Å²) in [6.07, 6.45) is 1.45. The first-order chi connectivity index (χ1) is 6.65. The minimum atomic E-state index is -0.297. The smallest absolute Gasteiger partial charge is 0.252 e. The first-order valence-electron chi connectivity index (χ1n) is 4.21. The van der Waals surface area contributed by atoms with Crippen LogP contribution in [0.5, 0.6) is 0 Å². The third-order valence-electron chi connectivity index (χ3n) is 1.75. The van der Waals surface area contributed by atoms with Crippen LogP contribution in [0.15, 0.2) is 23.1 Å². The average Bonchev–Trinajstić information content (AvgIpc) is 2.18. The number of rotatable bonds is 3. The van der Waals surface area contributed by atoms with Gasteiger partial charge in [0.2, 0.25) is 5.56 Å². The van der Waals surface area contributed by atoms with E-state index in [2.05, 4.69) is 5.32 Å². The summed E-state index contributed by atoms with van der Waals surface area (Å²) in [7, 11) is 1.57. The summed E-state index contributed by atoms with van der Waals surface area (Å²) >= 11 is 0. The molecule has 14 heavy (non-hydrogen) atoms. The number of amides is 1. The monoisotopic (exact) mass is 196 g/mol. The van der Waals surface area contributed by atoms with Crippen molar-refractivity contribution in [1.29, 1.82) is 0 Å². The molecule has 5 heteroatoms. The lowest BCUT2D eigenvalue weighted by molar-refractivity contribution is 0.0944. The van der Waals surface area contributed by atoms with Gasteiger partial charge in [-0.25, -0.2) is 0 Å². The number of aromatic nitrogens is 1. The predicted octanol–water partition coefficient (Wildman–Crippen LogP) is -0.893. The summed E-state index contributed by atoms with van der Waals surface area (Å²) < 4.78 is 1.33. The molecule has 0 atom stereocenters. The number of carbonyl (C=O) groups is 1. The van der Waals surface area contributed by atoms with Crippen molar-refractivity contribution in [3.8, 4) is 0 Å². The van der Waals surface area contributed by atoms with Gasteiger partial charge in [0.05, 0.1) is 12.2 Å². The Morgan fingerprint density at radius 2 is 2.29 bits per heavy atom. The van der Waals surface area contributed by atoms with E-state index in [0.29, 0.717) is 5.56 Å². The first kappa shape index (κ1) is 10.5.